The fourth-order valence-corrected chi connectivity index (χ4v) is 3.66. The van der Waals surface area contributed by atoms with Crippen LogP contribution in [0.25, 0.3) is 27.8 Å². The van der Waals surface area contributed by atoms with Gasteiger partial charge in [-0.1, -0.05) is 0 Å². The highest BCUT2D eigenvalue weighted by Gasteiger charge is 2.09. The SMILES string of the molecule is Cc1cc(=O)oc2cc(N/C=C(/C#N)c3nc(-c4ccc(F)cc4)cs3)ccc12. The lowest BCUT2D eigenvalue weighted by Crippen LogP contribution is -1.98. The molecule has 0 spiro atoms. The number of rotatable bonds is 4. The van der Waals surface area contributed by atoms with E-state index in [1.54, 1.807) is 24.4 Å². The molecule has 0 radical (unpaired) electrons. The second kappa shape index (κ2) is 7.70. The summed E-state index contributed by atoms with van der Waals surface area (Å²) in [6.07, 6.45) is 1.56. The number of aromatic nitrogens is 1. The molecular formula is C22H14FN3O2S. The van der Waals surface area contributed by atoms with E-state index in [1.165, 1.54) is 29.5 Å². The summed E-state index contributed by atoms with van der Waals surface area (Å²) in [6, 6.07) is 15.0. The van der Waals surface area contributed by atoms with Gasteiger partial charge in [-0.15, -0.1) is 11.3 Å². The lowest BCUT2D eigenvalue weighted by Gasteiger charge is -2.05. The molecule has 142 valence electrons. The van der Waals surface area contributed by atoms with Crippen molar-refractivity contribution in [2.45, 2.75) is 6.92 Å². The normalized spacial score (nSPS) is 11.4. The highest BCUT2D eigenvalue weighted by atomic mass is 32.1. The molecule has 1 N–H and O–H groups in total. The van der Waals surface area contributed by atoms with Crippen LogP contribution >= 0.6 is 11.3 Å². The molecule has 0 aliphatic heterocycles. The van der Waals surface area contributed by atoms with Gasteiger partial charge in [-0.25, -0.2) is 14.2 Å². The molecular weight excluding hydrogens is 389 g/mol. The van der Waals surface area contributed by atoms with Crippen LogP contribution in [0.3, 0.4) is 0 Å². The molecule has 5 nitrogen and oxygen atoms in total. The van der Waals surface area contributed by atoms with Gasteiger partial charge in [0.1, 0.15) is 28.1 Å². The third-order valence-electron chi connectivity index (χ3n) is 4.33. The van der Waals surface area contributed by atoms with Crippen molar-refractivity contribution in [1.82, 2.24) is 4.98 Å². The maximum atomic E-state index is 13.1. The Morgan fingerprint density at radius 2 is 2.03 bits per heavy atom. The first-order valence-electron chi connectivity index (χ1n) is 8.66. The molecule has 0 unspecified atom stereocenters. The van der Waals surface area contributed by atoms with Gasteiger partial charge in [0.15, 0.2) is 0 Å². The average Bonchev–Trinajstić information content (AvgIpc) is 3.18. The summed E-state index contributed by atoms with van der Waals surface area (Å²) in [5, 5.41) is 15.8. The summed E-state index contributed by atoms with van der Waals surface area (Å²) in [7, 11) is 0. The number of nitrogens with one attached hydrogen (secondary N) is 1. The van der Waals surface area contributed by atoms with Gasteiger partial charge in [0.2, 0.25) is 0 Å². The van der Waals surface area contributed by atoms with Gasteiger partial charge < -0.3 is 9.73 Å². The lowest BCUT2D eigenvalue weighted by molar-refractivity contribution is 0.560. The number of nitriles is 1. The summed E-state index contributed by atoms with van der Waals surface area (Å²) in [6.45, 7) is 1.85. The van der Waals surface area contributed by atoms with E-state index in [2.05, 4.69) is 16.4 Å². The number of benzene rings is 2. The van der Waals surface area contributed by atoms with Crippen LogP contribution in [0.15, 0.2) is 69.3 Å². The van der Waals surface area contributed by atoms with Crippen LogP contribution in [0.5, 0.6) is 0 Å². The van der Waals surface area contributed by atoms with E-state index in [0.29, 0.717) is 27.5 Å². The van der Waals surface area contributed by atoms with Crippen molar-refractivity contribution in [3.63, 3.8) is 0 Å². The average molecular weight is 403 g/mol. The Bertz CT molecular complexity index is 1330. The van der Waals surface area contributed by atoms with Gasteiger partial charge in [-0.2, -0.15) is 5.26 Å². The molecule has 4 aromatic rings. The predicted molar refractivity (Wildman–Crippen MR) is 112 cm³/mol. The van der Waals surface area contributed by atoms with Crippen molar-refractivity contribution in [3.8, 4) is 17.3 Å². The lowest BCUT2D eigenvalue weighted by atomic mass is 10.1. The van der Waals surface area contributed by atoms with Gasteiger partial charge in [0, 0.05) is 40.3 Å². The number of allylic oxidation sites excluding steroid dienone is 1. The Hall–Kier alpha value is -3.76. The fourth-order valence-electron chi connectivity index (χ4n) is 2.86. The number of hydrogen-bond donors (Lipinski definition) is 1. The first-order valence-corrected chi connectivity index (χ1v) is 9.54. The Morgan fingerprint density at radius 1 is 1.24 bits per heavy atom. The van der Waals surface area contributed by atoms with Gasteiger partial charge in [-0.05, 0) is 48.9 Å². The number of thiazole rings is 1. The van der Waals surface area contributed by atoms with Crippen molar-refractivity contribution >= 4 is 33.6 Å². The van der Waals surface area contributed by atoms with E-state index >= 15 is 0 Å². The van der Waals surface area contributed by atoms with Gasteiger partial charge >= 0.3 is 5.63 Å². The van der Waals surface area contributed by atoms with Gasteiger partial charge in [0.25, 0.3) is 0 Å². The van der Waals surface area contributed by atoms with Crippen molar-refractivity contribution in [2.24, 2.45) is 0 Å². The van der Waals surface area contributed by atoms with E-state index in [9.17, 15) is 14.4 Å². The molecule has 0 saturated heterocycles. The Balaban J connectivity index is 1.60. The van der Waals surface area contributed by atoms with Crippen molar-refractivity contribution in [1.29, 1.82) is 5.26 Å². The predicted octanol–water partition coefficient (Wildman–Crippen LogP) is 5.34. The van der Waals surface area contributed by atoms with E-state index in [1.807, 2.05) is 24.4 Å². The first kappa shape index (κ1) is 18.6. The van der Waals surface area contributed by atoms with Crippen LogP contribution in [-0.4, -0.2) is 4.98 Å². The van der Waals surface area contributed by atoms with E-state index in [4.69, 9.17) is 4.42 Å². The van der Waals surface area contributed by atoms with Crippen LogP contribution in [0, 0.1) is 24.1 Å². The second-order valence-corrected chi connectivity index (χ2v) is 7.18. The molecule has 7 heteroatoms. The molecule has 0 bridgehead atoms. The smallest absolute Gasteiger partial charge is 0.336 e. The quantitative estimate of drug-likeness (QED) is 0.367. The maximum Gasteiger partial charge on any atom is 0.336 e. The Kier molecular flexibility index (Phi) is 4.94. The summed E-state index contributed by atoms with van der Waals surface area (Å²) < 4.78 is 18.3. The van der Waals surface area contributed by atoms with Crippen LogP contribution < -0.4 is 10.9 Å². The number of anilines is 1. The third-order valence-corrected chi connectivity index (χ3v) is 5.21. The monoisotopic (exact) mass is 403 g/mol. The molecule has 0 atom stereocenters. The minimum absolute atomic E-state index is 0.313. The number of fused-ring (bicyclic) bond motifs is 1. The van der Waals surface area contributed by atoms with Crippen molar-refractivity contribution < 1.29 is 8.81 Å². The summed E-state index contributed by atoms with van der Waals surface area (Å²) in [5.74, 6) is -0.313. The Labute approximate surface area is 169 Å². The van der Waals surface area contributed by atoms with Gasteiger partial charge in [0.05, 0.1) is 5.69 Å². The zero-order valence-electron chi connectivity index (χ0n) is 15.3. The molecule has 2 aromatic carbocycles. The summed E-state index contributed by atoms with van der Waals surface area (Å²) >= 11 is 1.33. The molecule has 0 aliphatic carbocycles. The molecule has 0 fully saturated rings. The van der Waals surface area contributed by atoms with Crippen LogP contribution in [-0.2, 0) is 0 Å². The fraction of sp³-hybridized carbons (Fsp3) is 0.0455. The largest absolute Gasteiger partial charge is 0.423 e. The minimum atomic E-state index is -0.406. The zero-order valence-corrected chi connectivity index (χ0v) is 16.1. The topological polar surface area (TPSA) is 78.9 Å². The number of halogens is 1. The van der Waals surface area contributed by atoms with Crippen LogP contribution in [0.4, 0.5) is 10.1 Å². The number of nitrogens with zero attached hydrogens (tertiary/aromatic N) is 2. The molecule has 0 saturated carbocycles. The molecule has 4 rings (SSSR count). The standard InChI is InChI=1S/C22H14FN3O2S/c1-13-8-21(27)28-20-9-17(6-7-18(13)20)25-11-15(10-24)22-26-19(12-29-22)14-2-4-16(23)5-3-14/h2-9,11-12,25H,1H3/b15-11-. The molecule has 0 aliphatic rings. The molecule has 2 aromatic heterocycles. The van der Waals surface area contributed by atoms with Crippen molar-refractivity contribution in [3.05, 3.63) is 86.9 Å². The Morgan fingerprint density at radius 3 is 2.79 bits per heavy atom. The van der Waals surface area contributed by atoms with Crippen LogP contribution in [0.1, 0.15) is 10.6 Å². The number of aryl methyl sites for hydroxylation is 1. The zero-order chi connectivity index (χ0) is 20.4. The maximum absolute atomic E-state index is 13.1. The first-order chi connectivity index (χ1) is 14.0. The van der Waals surface area contributed by atoms with Crippen molar-refractivity contribution in [2.75, 3.05) is 5.32 Å². The third kappa shape index (κ3) is 3.93. The van der Waals surface area contributed by atoms with Gasteiger partial charge in [-0.3, -0.25) is 0 Å². The summed E-state index contributed by atoms with van der Waals surface area (Å²) in [5.41, 5.74) is 3.39. The molecule has 2 heterocycles. The second-order valence-electron chi connectivity index (χ2n) is 6.32. The number of hydrogen-bond acceptors (Lipinski definition) is 6. The highest BCUT2D eigenvalue weighted by molar-refractivity contribution is 7.11. The molecule has 0 amide bonds. The van der Waals surface area contributed by atoms with E-state index in [-0.39, 0.29) is 5.82 Å². The summed E-state index contributed by atoms with van der Waals surface area (Å²) in [4.78, 5) is 16.1. The highest BCUT2D eigenvalue weighted by Crippen LogP contribution is 2.27. The van der Waals surface area contributed by atoms with E-state index in [0.717, 1.165) is 16.5 Å². The minimum Gasteiger partial charge on any atom is -0.423 e. The van der Waals surface area contributed by atoms with Crippen LogP contribution in [0.2, 0.25) is 0 Å². The van der Waals surface area contributed by atoms with E-state index < -0.39 is 5.63 Å². The molecule has 29 heavy (non-hydrogen) atoms.